The van der Waals surface area contributed by atoms with Gasteiger partial charge in [0.05, 0.1) is 29.1 Å². The third-order valence-electron chi connectivity index (χ3n) is 7.53. The minimum absolute atomic E-state index is 0. The maximum Gasteiger partial charge on any atom is 0.416 e. The lowest BCUT2D eigenvalue weighted by Gasteiger charge is -2.27. The van der Waals surface area contributed by atoms with Crippen LogP contribution in [0, 0.1) is 0 Å². The van der Waals surface area contributed by atoms with E-state index in [9.17, 15) is 23.1 Å². The molecular formula is C29H33ClF3N5O2. The molecule has 5 rings (SSSR count). The van der Waals surface area contributed by atoms with E-state index >= 15 is 0 Å². The van der Waals surface area contributed by atoms with Gasteiger partial charge < -0.3 is 15.7 Å². The van der Waals surface area contributed by atoms with E-state index in [0.717, 1.165) is 48.3 Å². The summed E-state index contributed by atoms with van der Waals surface area (Å²) < 4.78 is 40.8. The Kier molecular flexibility index (Phi) is 9.02. The Morgan fingerprint density at radius 2 is 1.90 bits per heavy atom. The predicted molar refractivity (Wildman–Crippen MR) is 151 cm³/mol. The molecule has 0 spiro atoms. The first-order valence-electron chi connectivity index (χ1n) is 13.3. The molecular weight excluding hydrogens is 543 g/mol. The normalized spacial score (nSPS) is 19.2. The molecule has 1 amide bonds. The molecule has 7 nitrogen and oxygen atoms in total. The number of nitrogens with one attached hydrogen (secondary N) is 2. The van der Waals surface area contributed by atoms with Gasteiger partial charge in [-0.15, -0.1) is 12.4 Å². The Balaban J connectivity index is 0.00000370. The number of nitrogens with zero attached hydrogens (tertiary/aromatic N) is 3. The van der Waals surface area contributed by atoms with Crippen LogP contribution in [0.5, 0.6) is 0 Å². The smallest absolute Gasteiger partial charge is 0.393 e. The van der Waals surface area contributed by atoms with Crippen molar-refractivity contribution in [1.82, 2.24) is 14.9 Å². The summed E-state index contributed by atoms with van der Waals surface area (Å²) in [5.41, 5.74) is 2.92. The molecule has 1 fully saturated rings. The maximum atomic E-state index is 13.6. The van der Waals surface area contributed by atoms with Crippen molar-refractivity contribution in [1.29, 1.82) is 0 Å². The summed E-state index contributed by atoms with van der Waals surface area (Å²) in [6.45, 7) is 4.77. The van der Waals surface area contributed by atoms with Crippen LogP contribution in [0.25, 0.3) is 11.3 Å². The average Bonchev–Trinajstić information content (AvgIpc) is 3.40. The Hall–Kier alpha value is -3.21. The molecule has 2 heterocycles. The number of likely N-dealkylation sites (tertiary alicyclic amines) is 1. The summed E-state index contributed by atoms with van der Waals surface area (Å²) in [6.07, 6.45) is -0.112. The van der Waals surface area contributed by atoms with E-state index < -0.39 is 23.9 Å². The van der Waals surface area contributed by atoms with E-state index in [1.165, 1.54) is 12.4 Å². The fourth-order valence-electron chi connectivity index (χ4n) is 5.55. The zero-order valence-corrected chi connectivity index (χ0v) is 23.1. The number of fused-ring (bicyclic) bond motifs is 1. The predicted octanol–water partition coefficient (Wildman–Crippen LogP) is 5.99. The number of hydrogen-bond acceptors (Lipinski definition) is 6. The van der Waals surface area contributed by atoms with Gasteiger partial charge in [-0.25, -0.2) is 9.97 Å². The van der Waals surface area contributed by atoms with E-state index in [4.69, 9.17) is 0 Å². The number of rotatable bonds is 6. The molecule has 1 saturated heterocycles. The lowest BCUT2D eigenvalue weighted by molar-refractivity contribution is -0.137. The number of aryl methyl sites for hydroxylation is 1. The second kappa shape index (κ2) is 12.1. The molecule has 2 aromatic carbocycles. The molecule has 0 unspecified atom stereocenters. The van der Waals surface area contributed by atoms with Gasteiger partial charge in [-0.3, -0.25) is 9.69 Å². The summed E-state index contributed by atoms with van der Waals surface area (Å²) in [7, 11) is 0. The Labute approximate surface area is 237 Å². The highest BCUT2D eigenvalue weighted by Gasteiger charge is 2.34. The van der Waals surface area contributed by atoms with E-state index in [1.54, 1.807) is 6.07 Å². The van der Waals surface area contributed by atoms with Crippen molar-refractivity contribution in [3.63, 3.8) is 0 Å². The van der Waals surface area contributed by atoms with Gasteiger partial charge in [0.25, 0.3) is 0 Å². The molecule has 0 radical (unpaired) electrons. The molecule has 2 atom stereocenters. The van der Waals surface area contributed by atoms with Gasteiger partial charge in [0.15, 0.2) is 0 Å². The van der Waals surface area contributed by atoms with Crippen LogP contribution < -0.4 is 10.6 Å². The lowest BCUT2D eigenvalue weighted by Crippen LogP contribution is -2.43. The van der Waals surface area contributed by atoms with E-state index in [1.807, 2.05) is 32.0 Å². The molecule has 40 heavy (non-hydrogen) atoms. The van der Waals surface area contributed by atoms with Crippen molar-refractivity contribution in [3.05, 3.63) is 65.5 Å². The maximum absolute atomic E-state index is 13.6. The quantitative estimate of drug-likeness (QED) is 0.335. The van der Waals surface area contributed by atoms with Crippen LogP contribution in [0.4, 0.5) is 30.4 Å². The van der Waals surface area contributed by atoms with Crippen molar-refractivity contribution >= 4 is 35.5 Å². The summed E-state index contributed by atoms with van der Waals surface area (Å²) in [4.78, 5) is 23.9. The molecule has 214 valence electrons. The number of benzene rings is 2. The zero-order chi connectivity index (χ0) is 27.7. The standard InChI is InChI=1S/C29H32F3N5O2.ClH/c1-17(2)37-12-4-7-26(37)28(39)36-25-13-19(29(30,31)32)9-11-21(25)24-15-27(34-16-33-24)35-23-6-3-5-18-8-10-20(38)14-22(18)23;/h3,5-6,9,11,13,15-17,20,26,38H,4,7-8,10,12,14H2,1-2H3,(H,36,39)(H,33,34,35);1H/t20-,26+;/m1./s1. The molecule has 2 aliphatic rings. The van der Waals surface area contributed by atoms with Gasteiger partial charge in [0.2, 0.25) is 5.91 Å². The minimum Gasteiger partial charge on any atom is -0.393 e. The molecule has 0 bridgehead atoms. The van der Waals surface area contributed by atoms with E-state index in [0.29, 0.717) is 36.3 Å². The van der Waals surface area contributed by atoms with Gasteiger partial charge >= 0.3 is 6.18 Å². The second-order valence-corrected chi connectivity index (χ2v) is 10.5. The monoisotopic (exact) mass is 575 g/mol. The lowest BCUT2D eigenvalue weighted by atomic mass is 9.88. The molecule has 1 aromatic heterocycles. The van der Waals surface area contributed by atoms with Crippen LogP contribution in [0.15, 0.2) is 48.8 Å². The highest BCUT2D eigenvalue weighted by molar-refractivity contribution is 5.98. The van der Waals surface area contributed by atoms with Crippen LogP contribution in [-0.4, -0.2) is 50.6 Å². The molecule has 3 N–H and O–H groups in total. The van der Waals surface area contributed by atoms with Crippen LogP contribution in [-0.2, 0) is 23.8 Å². The van der Waals surface area contributed by atoms with Gasteiger partial charge in [0.1, 0.15) is 12.1 Å². The van der Waals surface area contributed by atoms with Gasteiger partial charge in [0, 0.05) is 29.8 Å². The van der Waals surface area contributed by atoms with Crippen molar-refractivity contribution in [2.75, 3.05) is 17.2 Å². The first kappa shape index (κ1) is 29.8. The second-order valence-electron chi connectivity index (χ2n) is 10.5. The Morgan fingerprint density at radius 1 is 1.10 bits per heavy atom. The number of aromatic nitrogens is 2. The molecule has 3 aromatic rings. The highest BCUT2D eigenvalue weighted by Crippen LogP contribution is 2.37. The van der Waals surface area contributed by atoms with Gasteiger partial charge in [-0.05, 0) is 75.4 Å². The van der Waals surface area contributed by atoms with Crippen molar-refractivity contribution in [2.24, 2.45) is 0 Å². The SMILES string of the molecule is CC(C)N1CCC[C@H]1C(=O)Nc1cc(C(F)(F)F)ccc1-c1cc(Nc2cccc3c2C[C@H](O)CC3)ncn1.Cl. The zero-order valence-electron chi connectivity index (χ0n) is 22.3. The van der Waals surface area contributed by atoms with Gasteiger partial charge in [-0.1, -0.05) is 18.2 Å². The van der Waals surface area contributed by atoms with Gasteiger partial charge in [-0.2, -0.15) is 13.2 Å². The van der Waals surface area contributed by atoms with E-state index in [2.05, 4.69) is 25.5 Å². The summed E-state index contributed by atoms with van der Waals surface area (Å²) in [6, 6.07) is 10.6. The Bertz CT molecular complexity index is 1370. The summed E-state index contributed by atoms with van der Waals surface area (Å²) in [5, 5.41) is 16.2. The molecule has 11 heteroatoms. The molecule has 1 aliphatic carbocycles. The highest BCUT2D eigenvalue weighted by atomic mass is 35.5. The van der Waals surface area contributed by atoms with Crippen LogP contribution in [0.1, 0.15) is 49.8 Å². The molecule has 0 saturated carbocycles. The number of aliphatic hydroxyl groups excluding tert-OH is 1. The first-order valence-corrected chi connectivity index (χ1v) is 13.3. The first-order chi connectivity index (χ1) is 18.6. The summed E-state index contributed by atoms with van der Waals surface area (Å²) >= 11 is 0. The fourth-order valence-corrected chi connectivity index (χ4v) is 5.55. The number of hydrogen-bond donors (Lipinski definition) is 3. The third-order valence-corrected chi connectivity index (χ3v) is 7.53. The van der Waals surface area contributed by atoms with E-state index in [-0.39, 0.29) is 30.0 Å². The van der Waals surface area contributed by atoms with Crippen molar-refractivity contribution < 1.29 is 23.1 Å². The van der Waals surface area contributed by atoms with Crippen LogP contribution in [0.3, 0.4) is 0 Å². The minimum atomic E-state index is -4.56. The number of carbonyl (C=O) groups excluding carboxylic acids is 1. The molecule has 1 aliphatic heterocycles. The van der Waals surface area contributed by atoms with Crippen molar-refractivity contribution in [2.45, 2.75) is 70.3 Å². The Morgan fingerprint density at radius 3 is 2.65 bits per heavy atom. The third kappa shape index (κ3) is 6.40. The number of aliphatic hydroxyl groups is 1. The number of carbonyl (C=O) groups is 1. The number of anilines is 3. The van der Waals surface area contributed by atoms with Crippen LogP contribution >= 0.6 is 12.4 Å². The number of alkyl halides is 3. The number of amides is 1. The largest absolute Gasteiger partial charge is 0.416 e. The topological polar surface area (TPSA) is 90.4 Å². The van der Waals surface area contributed by atoms with Crippen molar-refractivity contribution in [3.8, 4) is 11.3 Å². The summed E-state index contributed by atoms with van der Waals surface area (Å²) in [5.74, 6) is 0.121. The average molecular weight is 576 g/mol. The number of halogens is 4. The fraction of sp³-hybridized carbons (Fsp3) is 0.414. The van der Waals surface area contributed by atoms with Crippen LogP contribution in [0.2, 0.25) is 0 Å².